The molecule has 4 aliphatic heterocycles. The van der Waals surface area contributed by atoms with E-state index in [0.717, 1.165) is 41.9 Å². The number of carbonyl (C=O) groups excluding carboxylic acids is 8. The molecule has 0 radical (unpaired) electrons. The van der Waals surface area contributed by atoms with Crippen molar-refractivity contribution in [3.05, 3.63) is 121 Å². The number of amides is 8. The molecule has 5 aliphatic rings. The predicted octanol–water partition coefficient (Wildman–Crippen LogP) is 3.39. The Bertz CT molecular complexity index is 1750. The van der Waals surface area contributed by atoms with E-state index in [1.54, 1.807) is 60.9 Å². The molecule has 48 heavy (non-hydrogen) atoms. The van der Waals surface area contributed by atoms with Crippen molar-refractivity contribution in [1.29, 1.82) is 0 Å². The second-order valence-electron chi connectivity index (χ2n) is 11.1. The second kappa shape index (κ2) is 13.0. The Labute approximate surface area is 273 Å². The summed E-state index contributed by atoms with van der Waals surface area (Å²) >= 11 is 0. The van der Waals surface area contributed by atoms with Gasteiger partial charge in [0.2, 0.25) is 0 Å². The van der Waals surface area contributed by atoms with E-state index in [2.05, 4.69) is 0 Å². The Hall–Kier alpha value is -6.56. The summed E-state index contributed by atoms with van der Waals surface area (Å²) in [5, 5.41) is 0. The molecule has 0 atom stereocenters. The van der Waals surface area contributed by atoms with Crippen LogP contribution in [0.2, 0.25) is 0 Å². The lowest BCUT2D eigenvalue weighted by Crippen LogP contribution is -2.29. The number of anilines is 2. The molecule has 2 aromatic rings. The van der Waals surface area contributed by atoms with Gasteiger partial charge in [-0.1, -0.05) is 35.4 Å². The second-order valence-corrected chi connectivity index (χ2v) is 11.1. The van der Waals surface area contributed by atoms with Gasteiger partial charge in [0, 0.05) is 61.0 Å². The third kappa shape index (κ3) is 6.40. The zero-order valence-electron chi connectivity index (χ0n) is 25.3. The number of rotatable bonds is 5. The van der Waals surface area contributed by atoms with Gasteiger partial charge in [0.25, 0.3) is 47.3 Å². The molecule has 7 rings (SSSR count). The molecule has 0 unspecified atom stereocenters. The largest absolute Gasteiger partial charge is 0.269 e. The van der Waals surface area contributed by atoms with Gasteiger partial charge in [-0.3, -0.25) is 48.2 Å². The summed E-state index contributed by atoms with van der Waals surface area (Å²) in [5.41, 5.74) is 4.79. The molecule has 0 N–H and O–H groups in total. The van der Waals surface area contributed by atoms with E-state index < -0.39 is 0 Å². The lowest BCUT2D eigenvalue weighted by Gasteiger charge is -2.21. The fourth-order valence-electron chi connectivity index (χ4n) is 5.51. The molecule has 12 heteroatoms. The van der Waals surface area contributed by atoms with Crippen LogP contribution in [0, 0.1) is 0 Å². The summed E-state index contributed by atoms with van der Waals surface area (Å²) in [6.07, 6.45) is 16.0. The zero-order chi connectivity index (χ0) is 33.9. The molecule has 0 aromatic heterocycles. The lowest BCUT2D eigenvalue weighted by molar-refractivity contribution is -0.135. The van der Waals surface area contributed by atoms with E-state index in [4.69, 9.17) is 0 Å². The summed E-state index contributed by atoms with van der Waals surface area (Å²) < 4.78 is 0. The van der Waals surface area contributed by atoms with Gasteiger partial charge in [-0.05, 0) is 61.1 Å². The van der Waals surface area contributed by atoms with E-state index in [-0.39, 0.29) is 47.3 Å². The van der Waals surface area contributed by atoms with Crippen molar-refractivity contribution in [2.45, 2.75) is 25.7 Å². The van der Waals surface area contributed by atoms with Crippen molar-refractivity contribution in [2.24, 2.45) is 0 Å². The van der Waals surface area contributed by atoms with Crippen LogP contribution in [0.25, 0.3) is 11.1 Å². The maximum atomic E-state index is 11.7. The van der Waals surface area contributed by atoms with Crippen LogP contribution < -0.4 is 9.80 Å². The van der Waals surface area contributed by atoms with Gasteiger partial charge < -0.3 is 0 Å². The van der Waals surface area contributed by atoms with Crippen molar-refractivity contribution in [3.8, 4) is 11.1 Å². The molecule has 12 nitrogen and oxygen atoms in total. The Morgan fingerprint density at radius 2 is 0.604 bits per heavy atom. The van der Waals surface area contributed by atoms with Crippen LogP contribution in [0.15, 0.2) is 121 Å². The first-order chi connectivity index (χ1) is 23.1. The summed E-state index contributed by atoms with van der Waals surface area (Å²) in [6, 6.07) is 14.0. The third-order valence-corrected chi connectivity index (χ3v) is 8.05. The average Bonchev–Trinajstić information content (AvgIpc) is 3.81. The predicted molar refractivity (Wildman–Crippen MR) is 172 cm³/mol. The first kappa shape index (κ1) is 31.4. The van der Waals surface area contributed by atoms with Gasteiger partial charge in [0.15, 0.2) is 0 Å². The van der Waals surface area contributed by atoms with Gasteiger partial charge in [-0.25, -0.2) is 9.80 Å². The first-order valence-electron chi connectivity index (χ1n) is 14.9. The molecular weight excluding hydrogens is 616 g/mol. The molecule has 1 saturated carbocycles. The van der Waals surface area contributed by atoms with Crippen molar-refractivity contribution < 1.29 is 38.4 Å². The number of nitrogens with zero attached hydrogens (tertiary/aromatic N) is 4. The maximum absolute atomic E-state index is 11.7. The molecule has 238 valence electrons. The molecule has 0 saturated heterocycles. The Balaban J connectivity index is 0.000000170. The molecule has 4 heterocycles. The SMILES string of the molecule is O=C1C=CC(=O)N1C=C1CCC(=CN2C(=O)C=CC2=O)CC1.O=C1C=CC(=O)N1c1ccc(-c2ccc(N3C(=O)C=CC3=O)cc2)cc1. The minimum absolute atomic E-state index is 0.321. The number of hydrogen-bond acceptors (Lipinski definition) is 8. The molecule has 8 amide bonds. The average molecular weight is 643 g/mol. The highest BCUT2D eigenvalue weighted by molar-refractivity contribution is 6.29. The van der Waals surface area contributed by atoms with Crippen molar-refractivity contribution in [3.63, 3.8) is 0 Å². The summed E-state index contributed by atoms with van der Waals surface area (Å²) in [5.74, 6) is -2.73. The highest BCUT2D eigenvalue weighted by atomic mass is 16.2. The molecule has 1 aliphatic carbocycles. The van der Waals surface area contributed by atoms with E-state index in [1.165, 1.54) is 48.6 Å². The number of hydrogen-bond donors (Lipinski definition) is 0. The van der Waals surface area contributed by atoms with E-state index in [0.29, 0.717) is 37.1 Å². The summed E-state index contributed by atoms with van der Waals surface area (Å²) in [7, 11) is 0. The number of carbonyl (C=O) groups is 8. The highest BCUT2D eigenvalue weighted by Crippen LogP contribution is 2.30. The topological polar surface area (TPSA) is 150 Å². The van der Waals surface area contributed by atoms with Crippen molar-refractivity contribution in [1.82, 2.24) is 9.80 Å². The zero-order valence-corrected chi connectivity index (χ0v) is 25.3. The smallest absolute Gasteiger partial charge is 0.258 e. The lowest BCUT2D eigenvalue weighted by atomic mass is 9.91. The van der Waals surface area contributed by atoms with Gasteiger partial charge >= 0.3 is 0 Å². The van der Waals surface area contributed by atoms with Crippen LogP contribution >= 0.6 is 0 Å². The fourth-order valence-corrected chi connectivity index (χ4v) is 5.51. The van der Waals surface area contributed by atoms with Crippen molar-refractivity contribution >= 4 is 58.6 Å². The molecule has 0 bridgehead atoms. The van der Waals surface area contributed by atoms with Crippen LogP contribution in [0.5, 0.6) is 0 Å². The normalized spacial score (nSPS) is 18.7. The van der Waals surface area contributed by atoms with Gasteiger partial charge in [-0.15, -0.1) is 0 Å². The number of imide groups is 4. The van der Waals surface area contributed by atoms with Crippen LogP contribution in [0.1, 0.15) is 25.7 Å². The van der Waals surface area contributed by atoms with E-state index in [9.17, 15) is 38.4 Å². The Morgan fingerprint density at radius 1 is 0.354 bits per heavy atom. The summed E-state index contributed by atoms with van der Waals surface area (Å²) in [6.45, 7) is 0. The minimum atomic E-state index is -0.361. The van der Waals surface area contributed by atoms with Gasteiger partial charge in [0.05, 0.1) is 11.4 Å². The molecule has 1 fully saturated rings. The molecular formula is C36H26N4O8. The van der Waals surface area contributed by atoms with Crippen LogP contribution in [0.4, 0.5) is 11.4 Å². The van der Waals surface area contributed by atoms with E-state index in [1.807, 2.05) is 0 Å². The van der Waals surface area contributed by atoms with Crippen LogP contribution in [-0.4, -0.2) is 57.1 Å². The van der Waals surface area contributed by atoms with Crippen LogP contribution in [0.3, 0.4) is 0 Å². The quantitative estimate of drug-likeness (QED) is 0.451. The van der Waals surface area contributed by atoms with Gasteiger partial charge in [0.1, 0.15) is 0 Å². The minimum Gasteiger partial charge on any atom is -0.269 e. The van der Waals surface area contributed by atoms with Crippen molar-refractivity contribution in [2.75, 3.05) is 9.80 Å². The molecule has 2 aromatic carbocycles. The third-order valence-electron chi connectivity index (χ3n) is 8.05. The Morgan fingerprint density at radius 3 is 0.875 bits per heavy atom. The number of benzene rings is 2. The maximum Gasteiger partial charge on any atom is 0.258 e. The van der Waals surface area contributed by atoms with Gasteiger partial charge in [-0.2, -0.15) is 0 Å². The highest BCUT2D eigenvalue weighted by Gasteiger charge is 2.27. The van der Waals surface area contributed by atoms with E-state index >= 15 is 0 Å². The summed E-state index contributed by atoms with van der Waals surface area (Å²) in [4.78, 5) is 97.3. The standard InChI is InChI=1S/C20H12N2O4.C16H14N2O4/c23-17-9-10-18(24)21(17)15-5-1-13(2-6-15)14-3-7-16(8-4-14)22-19(25)11-12-20(22)26;19-13-5-6-14(20)17(13)9-11-1-2-12(4-3-11)10-18-15(21)7-8-16(18)22/h1-12H;5-10H,1-4H2. The Kier molecular flexibility index (Phi) is 8.54. The fraction of sp³-hybridized carbons (Fsp3) is 0.111. The monoisotopic (exact) mass is 642 g/mol. The first-order valence-corrected chi connectivity index (χ1v) is 14.9. The van der Waals surface area contributed by atoms with Crippen LogP contribution in [-0.2, 0) is 38.4 Å². The number of allylic oxidation sites excluding steroid dienone is 2. The molecule has 0 spiro atoms.